The second kappa shape index (κ2) is 3.62. The summed E-state index contributed by atoms with van der Waals surface area (Å²) >= 11 is 0. The Balaban J connectivity index is 1.89. The van der Waals surface area contributed by atoms with Crippen LogP contribution in [0, 0.1) is 23.2 Å². The smallest absolute Gasteiger partial charge is 0.312 e. The minimum absolute atomic E-state index is 0.109. The molecule has 2 aliphatic carbocycles. The van der Waals surface area contributed by atoms with Crippen molar-refractivity contribution in [3.05, 3.63) is 0 Å². The summed E-state index contributed by atoms with van der Waals surface area (Å²) in [6.45, 7) is 5.39. The van der Waals surface area contributed by atoms with E-state index in [1.54, 1.807) is 6.92 Å². The van der Waals surface area contributed by atoms with Gasteiger partial charge in [-0.3, -0.25) is 4.79 Å². The van der Waals surface area contributed by atoms with Gasteiger partial charge >= 0.3 is 5.97 Å². The van der Waals surface area contributed by atoms with E-state index in [0.717, 1.165) is 0 Å². The lowest BCUT2D eigenvalue weighted by Crippen LogP contribution is -2.69. The van der Waals surface area contributed by atoms with E-state index in [1.165, 1.54) is 0 Å². The third-order valence-corrected chi connectivity index (χ3v) is 6.78. The van der Waals surface area contributed by atoms with Gasteiger partial charge < -0.3 is 24.8 Å². The van der Waals surface area contributed by atoms with Crippen LogP contribution >= 0.6 is 0 Å². The van der Waals surface area contributed by atoms with Gasteiger partial charge in [0, 0.05) is 12.3 Å². The summed E-state index contributed by atoms with van der Waals surface area (Å²) in [5.41, 5.74) is -3.43. The van der Waals surface area contributed by atoms with Gasteiger partial charge in [0.15, 0.2) is 0 Å². The Labute approximate surface area is 123 Å². The topological polar surface area (TPSA) is 99.5 Å². The van der Waals surface area contributed by atoms with Crippen molar-refractivity contribution < 1.29 is 29.6 Å². The number of rotatable bonds is 2. The highest BCUT2D eigenvalue weighted by atomic mass is 16.6. The summed E-state index contributed by atoms with van der Waals surface area (Å²) < 4.78 is 11.0. The third-order valence-electron chi connectivity index (χ3n) is 6.78. The van der Waals surface area contributed by atoms with Crippen molar-refractivity contribution in [1.29, 1.82) is 0 Å². The number of ether oxygens (including phenoxy) is 2. The largest absolute Gasteiger partial charge is 0.459 e. The van der Waals surface area contributed by atoms with Crippen molar-refractivity contribution in [2.24, 2.45) is 23.2 Å². The third kappa shape index (κ3) is 1.17. The molecule has 0 amide bonds. The van der Waals surface area contributed by atoms with Gasteiger partial charge in [0.1, 0.15) is 17.8 Å². The molecule has 6 nitrogen and oxygen atoms in total. The van der Waals surface area contributed by atoms with E-state index in [2.05, 4.69) is 0 Å². The molecule has 2 heterocycles. The molecule has 6 heteroatoms. The molecular formula is C15H22O6. The molecule has 2 saturated heterocycles. The van der Waals surface area contributed by atoms with E-state index in [1.807, 2.05) is 13.8 Å². The fraction of sp³-hybridized carbons (Fsp3) is 0.933. The zero-order chi connectivity index (χ0) is 15.4. The molecule has 4 fully saturated rings. The van der Waals surface area contributed by atoms with Crippen molar-refractivity contribution >= 4 is 5.97 Å². The minimum Gasteiger partial charge on any atom is -0.459 e. The van der Waals surface area contributed by atoms with Gasteiger partial charge in [0.05, 0.1) is 29.6 Å². The Bertz CT molecular complexity index is 516. The van der Waals surface area contributed by atoms with Gasteiger partial charge in [-0.1, -0.05) is 20.8 Å². The molecule has 0 radical (unpaired) electrons. The first-order chi connectivity index (χ1) is 9.74. The van der Waals surface area contributed by atoms with Crippen LogP contribution in [-0.2, 0) is 14.3 Å². The predicted octanol–water partition coefficient (Wildman–Crippen LogP) is -0.554. The Morgan fingerprint density at radius 2 is 2.10 bits per heavy atom. The fourth-order valence-electron chi connectivity index (χ4n) is 5.52. The number of fused-ring (bicyclic) bond motifs is 6. The van der Waals surface area contributed by atoms with E-state index in [9.17, 15) is 20.1 Å². The van der Waals surface area contributed by atoms with Crippen LogP contribution in [0.4, 0.5) is 0 Å². The van der Waals surface area contributed by atoms with Crippen molar-refractivity contribution in [2.75, 3.05) is 6.61 Å². The molecule has 118 valence electrons. The first-order valence-corrected chi connectivity index (χ1v) is 7.64. The first kappa shape index (κ1) is 13.9. The van der Waals surface area contributed by atoms with E-state index < -0.39 is 40.7 Å². The molecule has 21 heavy (non-hydrogen) atoms. The van der Waals surface area contributed by atoms with E-state index in [4.69, 9.17) is 9.47 Å². The zero-order valence-corrected chi connectivity index (χ0v) is 12.4. The molecular weight excluding hydrogens is 276 g/mol. The summed E-state index contributed by atoms with van der Waals surface area (Å²) in [6, 6.07) is 0. The number of aliphatic hydroxyl groups is 3. The normalized spacial score (nSPS) is 60.7. The summed E-state index contributed by atoms with van der Waals surface area (Å²) in [5.74, 6) is -1.19. The molecule has 2 saturated carbocycles. The summed E-state index contributed by atoms with van der Waals surface area (Å²) in [6.07, 6.45) is -1.72. The van der Waals surface area contributed by atoms with Gasteiger partial charge in [-0.25, -0.2) is 0 Å². The molecule has 0 spiro atoms. The molecule has 0 aromatic rings. The number of aliphatic hydroxyl groups excluding tert-OH is 2. The van der Waals surface area contributed by atoms with Crippen LogP contribution in [0.3, 0.4) is 0 Å². The minimum atomic E-state index is -1.39. The molecule has 8 atom stereocenters. The number of hydrogen-bond donors (Lipinski definition) is 3. The van der Waals surface area contributed by atoms with E-state index in [-0.39, 0.29) is 31.0 Å². The van der Waals surface area contributed by atoms with Crippen molar-refractivity contribution in [3.63, 3.8) is 0 Å². The SMILES string of the molecule is CC(C)[C@@H]1[C@H]2OC(=O)[C@@H]1[C@]1(O)C[C@H]3O[C@@]3(CO)[C@]1(C)[C@@H]2O. The molecule has 2 aliphatic heterocycles. The summed E-state index contributed by atoms with van der Waals surface area (Å²) in [7, 11) is 0. The van der Waals surface area contributed by atoms with Crippen LogP contribution in [0.5, 0.6) is 0 Å². The average Bonchev–Trinajstić information content (AvgIpc) is 2.95. The first-order valence-electron chi connectivity index (χ1n) is 7.64. The summed E-state index contributed by atoms with van der Waals surface area (Å²) in [5, 5.41) is 32.0. The van der Waals surface area contributed by atoms with Crippen LogP contribution in [0.15, 0.2) is 0 Å². The maximum Gasteiger partial charge on any atom is 0.312 e. The average molecular weight is 298 g/mol. The molecule has 4 rings (SSSR count). The van der Waals surface area contributed by atoms with Crippen LogP contribution in [-0.4, -0.2) is 57.4 Å². The zero-order valence-electron chi connectivity index (χ0n) is 12.4. The van der Waals surface area contributed by atoms with Crippen molar-refractivity contribution in [2.45, 2.75) is 56.7 Å². The van der Waals surface area contributed by atoms with Crippen LogP contribution < -0.4 is 0 Å². The predicted molar refractivity (Wildman–Crippen MR) is 70.1 cm³/mol. The number of carbonyl (C=O) groups is 1. The standard InChI is InChI=1S/C15H22O6/c1-6(2)8-9-12(18)20-10(8)11(17)13(3)14(9,19)4-7-15(13,5-16)21-7/h6-11,16-17,19H,4-5H2,1-3H3/t7-,8+,9-,10-,11-,13-,14-,15-/m1/s1. The van der Waals surface area contributed by atoms with Gasteiger partial charge in [0.25, 0.3) is 0 Å². The van der Waals surface area contributed by atoms with Gasteiger partial charge in [-0.15, -0.1) is 0 Å². The lowest BCUT2D eigenvalue weighted by atomic mass is 9.52. The maximum absolute atomic E-state index is 12.3. The second-order valence-electron chi connectivity index (χ2n) is 7.63. The molecule has 4 aliphatic rings. The monoisotopic (exact) mass is 298 g/mol. The molecule has 2 bridgehead atoms. The number of carbonyl (C=O) groups excluding carboxylic acids is 1. The summed E-state index contributed by atoms with van der Waals surface area (Å²) in [4.78, 5) is 12.3. The Hall–Kier alpha value is -0.690. The van der Waals surface area contributed by atoms with Gasteiger partial charge in [-0.2, -0.15) is 0 Å². The van der Waals surface area contributed by atoms with Crippen molar-refractivity contribution in [3.8, 4) is 0 Å². The number of epoxide rings is 1. The van der Waals surface area contributed by atoms with Crippen LogP contribution in [0.25, 0.3) is 0 Å². The Morgan fingerprint density at radius 3 is 2.67 bits per heavy atom. The lowest BCUT2D eigenvalue weighted by Gasteiger charge is -2.55. The van der Waals surface area contributed by atoms with Crippen LogP contribution in [0.2, 0.25) is 0 Å². The molecule has 0 aromatic heterocycles. The Kier molecular flexibility index (Phi) is 2.40. The molecule has 0 aromatic carbocycles. The van der Waals surface area contributed by atoms with Gasteiger partial charge in [0.2, 0.25) is 0 Å². The second-order valence-corrected chi connectivity index (χ2v) is 7.63. The fourth-order valence-corrected chi connectivity index (χ4v) is 5.52. The van der Waals surface area contributed by atoms with E-state index in [0.29, 0.717) is 0 Å². The maximum atomic E-state index is 12.3. The highest BCUT2D eigenvalue weighted by Crippen LogP contribution is 2.73. The van der Waals surface area contributed by atoms with Crippen LogP contribution in [0.1, 0.15) is 27.2 Å². The van der Waals surface area contributed by atoms with Crippen molar-refractivity contribution in [1.82, 2.24) is 0 Å². The number of hydrogen-bond acceptors (Lipinski definition) is 6. The molecule has 3 N–H and O–H groups in total. The Morgan fingerprint density at radius 1 is 1.43 bits per heavy atom. The quantitative estimate of drug-likeness (QED) is 0.467. The molecule has 0 unspecified atom stereocenters. The highest BCUT2D eigenvalue weighted by molar-refractivity contribution is 5.78. The number of esters is 1. The van der Waals surface area contributed by atoms with E-state index >= 15 is 0 Å². The highest BCUT2D eigenvalue weighted by Gasteiger charge is 2.88. The lowest BCUT2D eigenvalue weighted by molar-refractivity contribution is -0.240. The van der Waals surface area contributed by atoms with Gasteiger partial charge in [-0.05, 0) is 5.92 Å².